The van der Waals surface area contributed by atoms with Crippen molar-refractivity contribution in [1.82, 2.24) is 5.32 Å². The van der Waals surface area contributed by atoms with Crippen molar-refractivity contribution in [1.29, 1.82) is 0 Å². The summed E-state index contributed by atoms with van der Waals surface area (Å²) in [5, 5.41) is 13.5. The van der Waals surface area contributed by atoms with E-state index in [1.807, 2.05) is 32.0 Å². The molecule has 0 radical (unpaired) electrons. The molecule has 0 saturated heterocycles. The molecule has 0 aliphatic rings. The van der Waals surface area contributed by atoms with Crippen molar-refractivity contribution in [2.45, 2.75) is 26.5 Å². The Balaban J connectivity index is 2.40. The number of aliphatic hydroxyl groups is 1. The summed E-state index contributed by atoms with van der Waals surface area (Å²) >= 11 is 9.28. The third kappa shape index (κ3) is 4.42. The fourth-order valence-electron chi connectivity index (χ4n) is 1.25. The van der Waals surface area contributed by atoms with Crippen LogP contribution in [0.2, 0.25) is 5.02 Å². The van der Waals surface area contributed by atoms with E-state index >= 15 is 0 Å². The van der Waals surface area contributed by atoms with E-state index < -0.39 is 0 Å². The molecular weight excluding hydrogens is 289 g/mol. The number of benzene rings is 1. The Kier molecular flexibility index (Phi) is 5.76. The molecule has 0 bridgehead atoms. The molecule has 0 amide bonds. The van der Waals surface area contributed by atoms with Gasteiger partial charge >= 0.3 is 0 Å². The van der Waals surface area contributed by atoms with Crippen molar-refractivity contribution in [3.8, 4) is 0 Å². The molecule has 0 aliphatic heterocycles. The summed E-state index contributed by atoms with van der Waals surface area (Å²) in [6, 6.07) is 5.82. The summed E-state index contributed by atoms with van der Waals surface area (Å²) in [6.45, 7) is 5.36. The van der Waals surface area contributed by atoms with Crippen molar-refractivity contribution in [2.24, 2.45) is 5.92 Å². The Labute approximate surface area is 110 Å². The summed E-state index contributed by atoms with van der Waals surface area (Å²) < 4.78 is 0.901. The minimum Gasteiger partial charge on any atom is -0.392 e. The van der Waals surface area contributed by atoms with Gasteiger partial charge in [-0.15, -0.1) is 0 Å². The minimum atomic E-state index is -0.296. The van der Waals surface area contributed by atoms with Crippen LogP contribution in [0.1, 0.15) is 19.4 Å². The molecule has 1 rings (SSSR count). The van der Waals surface area contributed by atoms with Crippen LogP contribution in [0.4, 0.5) is 0 Å². The van der Waals surface area contributed by atoms with Gasteiger partial charge in [-0.1, -0.05) is 31.5 Å². The molecule has 4 heteroatoms. The van der Waals surface area contributed by atoms with E-state index in [1.54, 1.807) is 0 Å². The van der Waals surface area contributed by atoms with E-state index in [1.165, 1.54) is 0 Å². The zero-order valence-electron chi connectivity index (χ0n) is 9.50. The molecule has 90 valence electrons. The third-order valence-electron chi connectivity index (χ3n) is 2.44. The van der Waals surface area contributed by atoms with Gasteiger partial charge in [-0.25, -0.2) is 0 Å². The third-order valence-corrected chi connectivity index (χ3v) is 3.65. The molecule has 0 aliphatic carbocycles. The Morgan fingerprint density at radius 1 is 1.44 bits per heavy atom. The van der Waals surface area contributed by atoms with Gasteiger partial charge in [0.2, 0.25) is 0 Å². The highest BCUT2D eigenvalue weighted by atomic mass is 79.9. The fourth-order valence-corrected chi connectivity index (χ4v) is 1.79. The van der Waals surface area contributed by atoms with Gasteiger partial charge in [0, 0.05) is 17.6 Å². The van der Waals surface area contributed by atoms with Gasteiger partial charge < -0.3 is 10.4 Å². The maximum Gasteiger partial charge on any atom is 0.0687 e. The van der Waals surface area contributed by atoms with Gasteiger partial charge in [-0.05, 0) is 39.5 Å². The molecule has 1 aromatic carbocycles. The average molecular weight is 307 g/mol. The second-order valence-corrected chi connectivity index (χ2v) is 5.45. The maximum atomic E-state index is 9.61. The Bertz CT molecular complexity index is 344. The SMILES string of the molecule is CC(C)C(O)CNCc1ccc(Cl)c(Br)c1. The standard InChI is InChI=1S/C12H17BrClNO/c1-8(2)12(16)7-15-6-9-3-4-11(14)10(13)5-9/h3-5,8,12,15-16H,6-7H2,1-2H3. The molecular formula is C12H17BrClNO. The van der Waals surface area contributed by atoms with Gasteiger partial charge in [-0.3, -0.25) is 0 Å². The molecule has 1 unspecified atom stereocenters. The normalized spacial score (nSPS) is 13.1. The minimum absolute atomic E-state index is 0.282. The second-order valence-electron chi connectivity index (χ2n) is 4.19. The highest BCUT2D eigenvalue weighted by molar-refractivity contribution is 9.10. The summed E-state index contributed by atoms with van der Waals surface area (Å²) in [5.41, 5.74) is 1.15. The van der Waals surface area contributed by atoms with E-state index in [0.717, 1.165) is 16.6 Å². The van der Waals surface area contributed by atoms with Crippen LogP contribution >= 0.6 is 27.5 Å². The first-order valence-electron chi connectivity index (χ1n) is 5.33. The lowest BCUT2D eigenvalue weighted by molar-refractivity contribution is 0.123. The lowest BCUT2D eigenvalue weighted by Gasteiger charge is -2.15. The molecule has 2 N–H and O–H groups in total. The molecule has 0 aromatic heterocycles. The van der Waals surface area contributed by atoms with Crippen LogP contribution in [0.5, 0.6) is 0 Å². The van der Waals surface area contributed by atoms with E-state index in [2.05, 4.69) is 21.2 Å². The number of nitrogens with one attached hydrogen (secondary N) is 1. The van der Waals surface area contributed by atoms with Crippen LogP contribution in [0.3, 0.4) is 0 Å². The summed E-state index contributed by atoms with van der Waals surface area (Å²) in [7, 11) is 0. The van der Waals surface area contributed by atoms with Crippen molar-refractivity contribution in [3.05, 3.63) is 33.3 Å². The van der Waals surface area contributed by atoms with Crippen molar-refractivity contribution in [2.75, 3.05) is 6.54 Å². The fraction of sp³-hybridized carbons (Fsp3) is 0.500. The number of halogens is 2. The number of hydrogen-bond acceptors (Lipinski definition) is 2. The van der Waals surface area contributed by atoms with Crippen LogP contribution in [-0.2, 0) is 6.54 Å². The van der Waals surface area contributed by atoms with E-state index in [4.69, 9.17) is 11.6 Å². The topological polar surface area (TPSA) is 32.3 Å². The quantitative estimate of drug-likeness (QED) is 0.875. The van der Waals surface area contributed by atoms with Crippen molar-refractivity contribution >= 4 is 27.5 Å². The van der Waals surface area contributed by atoms with E-state index in [-0.39, 0.29) is 12.0 Å². The smallest absolute Gasteiger partial charge is 0.0687 e. The zero-order valence-corrected chi connectivity index (χ0v) is 11.8. The Morgan fingerprint density at radius 2 is 2.12 bits per heavy atom. The summed E-state index contributed by atoms with van der Waals surface area (Å²) in [6.07, 6.45) is -0.296. The zero-order chi connectivity index (χ0) is 12.1. The largest absolute Gasteiger partial charge is 0.392 e. The Morgan fingerprint density at radius 3 is 2.69 bits per heavy atom. The predicted molar refractivity (Wildman–Crippen MR) is 71.7 cm³/mol. The van der Waals surface area contributed by atoms with Crippen molar-refractivity contribution < 1.29 is 5.11 Å². The number of hydrogen-bond donors (Lipinski definition) is 2. The summed E-state index contributed by atoms with van der Waals surface area (Å²) in [4.78, 5) is 0. The molecule has 0 saturated carbocycles. The number of rotatable bonds is 5. The first-order valence-corrected chi connectivity index (χ1v) is 6.50. The maximum absolute atomic E-state index is 9.61. The molecule has 1 atom stereocenters. The van der Waals surface area contributed by atoms with E-state index in [9.17, 15) is 5.11 Å². The first-order chi connectivity index (χ1) is 7.50. The van der Waals surface area contributed by atoms with Crippen LogP contribution in [0.15, 0.2) is 22.7 Å². The van der Waals surface area contributed by atoms with Crippen LogP contribution in [0.25, 0.3) is 0 Å². The van der Waals surface area contributed by atoms with Gasteiger partial charge in [0.15, 0.2) is 0 Å². The van der Waals surface area contributed by atoms with Gasteiger partial charge in [0.1, 0.15) is 0 Å². The van der Waals surface area contributed by atoms with E-state index in [0.29, 0.717) is 11.6 Å². The molecule has 1 aromatic rings. The predicted octanol–water partition coefficient (Wildman–Crippen LogP) is 3.21. The second kappa shape index (κ2) is 6.60. The summed E-state index contributed by atoms with van der Waals surface area (Å²) in [5.74, 6) is 0.282. The molecule has 0 fully saturated rings. The average Bonchev–Trinajstić information content (AvgIpc) is 2.23. The molecule has 16 heavy (non-hydrogen) atoms. The highest BCUT2D eigenvalue weighted by Gasteiger charge is 2.08. The molecule has 0 heterocycles. The van der Waals surface area contributed by atoms with Gasteiger partial charge in [-0.2, -0.15) is 0 Å². The van der Waals surface area contributed by atoms with Crippen LogP contribution in [-0.4, -0.2) is 17.8 Å². The highest BCUT2D eigenvalue weighted by Crippen LogP contribution is 2.23. The molecule has 0 spiro atoms. The number of aliphatic hydroxyl groups excluding tert-OH is 1. The van der Waals surface area contributed by atoms with Gasteiger partial charge in [0.25, 0.3) is 0 Å². The van der Waals surface area contributed by atoms with Crippen LogP contribution < -0.4 is 5.32 Å². The first kappa shape index (κ1) is 14.0. The Hall–Kier alpha value is -0.0900. The van der Waals surface area contributed by atoms with Crippen LogP contribution in [0, 0.1) is 5.92 Å². The lowest BCUT2D eigenvalue weighted by Crippen LogP contribution is -2.30. The van der Waals surface area contributed by atoms with Crippen molar-refractivity contribution in [3.63, 3.8) is 0 Å². The monoisotopic (exact) mass is 305 g/mol. The lowest BCUT2D eigenvalue weighted by atomic mass is 10.1. The van der Waals surface area contributed by atoms with Gasteiger partial charge in [0.05, 0.1) is 11.1 Å². The molecule has 2 nitrogen and oxygen atoms in total.